The fourth-order valence-electron chi connectivity index (χ4n) is 2.13. The fraction of sp³-hybridized carbons (Fsp3) is 0.545. The van der Waals surface area contributed by atoms with Crippen LogP contribution in [0.1, 0.15) is 12.0 Å². The van der Waals surface area contributed by atoms with E-state index >= 15 is 0 Å². The highest BCUT2D eigenvalue weighted by Crippen LogP contribution is 2.13. The molecule has 0 aliphatic carbocycles. The minimum atomic E-state index is -0.965. The van der Waals surface area contributed by atoms with Crippen LogP contribution in [0, 0.1) is 0 Å². The van der Waals surface area contributed by atoms with Gasteiger partial charge < -0.3 is 10.4 Å². The van der Waals surface area contributed by atoms with Crippen molar-refractivity contribution >= 4 is 11.9 Å². The van der Waals surface area contributed by atoms with E-state index in [0.717, 1.165) is 5.56 Å². The van der Waals surface area contributed by atoms with Gasteiger partial charge in [-0.15, -0.1) is 0 Å². The molecule has 1 saturated heterocycles. The first kappa shape index (κ1) is 12.6. The van der Waals surface area contributed by atoms with E-state index in [1.807, 2.05) is 18.1 Å². The van der Waals surface area contributed by atoms with Crippen LogP contribution in [-0.2, 0) is 23.2 Å². The van der Waals surface area contributed by atoms with E-state index in [4.69, 9.17) is 5.11 Å². The van der Waals surface area contributed by atoms with Crippen LogP contribution >= 0.6 is 0 Å². The van der Waals surface area contributed by atoms with Crippen molar-refractivity contribution in [2.75, 3.05) is 13.1 Å². The second-order valence-corrected chi connectivity index (χ2v) is 4.40. The number of carbonyl (C=O) groups is 2. The van der Waals surface area contributed by atoms with Crippen LogP contribution in [0.15, 0.2) is 12.4 Å². The van der Waals surface area contributed by atoms with E-state index in [1.54, 1.807) is 10.9 Å². The zero-order chi connectivity index (χ0) is 13.1. The number of aromatic nitrogens is 2. The third-order valence-electron chi connectivity index (χ3n) is 2.95. The number of amides is 1. The summed E-state index contributed by atoms with van der Waals surface area (Å²) in [5, 5.41) is 15.6. The maximum atomic E-state index is 11.7. The highest BCUT2D eigenvalue weighted by atomic mass is 16.4. The van der Waals surface area contributed by atoms with Crippen molar-refractivity contribution in [2.24, 2.45) is 7.05 Å². The second kappa shape index (κ2) is 5.18. The van der Waals surface area contributed by atoms with E-state index in [-0.39, 0.29) is 12.3 Å². The van der Waals surface area contributed by atoms with E-state index in [1.165, 1.54) is 0 Å². The molecule has 0 saturated carbocycles. The van der Waals surface area contributed by atoms with E-state index in [2.05, 4.69) is 10.4 Å². The molecule has 2 heterocycles. The number of aliphatic carboxylic acids is 1. The summed E-state index contributed by atoms with van der Waals surface area (Å²) in [5.74, 6) is -1.18. The van der Waals surface area contributed by atoms with Gasteiger partial charge in [-0.1, -0.05) is 0 Å². The summed E-state index contributed by atoms with van der Waals surface area (Å²) in [4.78, 5) is 24.4. The molecular weight excluding hydrogens is 236 g/mol. The lowest BCUT2D eigenvalue weighted by Crippen LogP contribution is -2.55. The quantitative estimate of drug-likeness (QED) is 0.732. The predicted molar refractivity (Wildman–Crippen MR) is 62.7 cm³/mol. The molecule has 98 valence electrons. The molecule has 1 amide bonds. The van der Waals surface area contributed by atoms with Crippen molar-refractivity contribution in [1.29, 1.82) is 0 Å². The van der Waals surface area contributed by atoms with Gasteiger partial charge in [-0.2, -0.15) is 5.10 Å². The third kappa shape index (κ3) is 2.86. The van der Waals surface area contributed by atoms with Crippen LogP contribution in [0.25, 0.3) is 0 Å². The fourth-order valence-corrected chi connectivity index (χ4v) is 2.13. The first-order valence-corrected chi connectivity index (χ1v) is 5.77. The number of rotatable bonds is 4. The molecule has 2 N–H and O–H groups in total. The molecule has 0 bridgehead atoms. The average molecular weight is 252 g/mol. The van der Waals surface area contributed by atoms with Gasteiger partial charge >= 0.3 is 5.97 Å². The van der Waals surface area contributed by atoms with Gasteiger partial charge in [-0.3, -0.25) is 19.2 Å². The Kier molecular flexibility index (Phi) is 3.61. The first-order valence-electron chi connectivity index (χ1n) is 5.77. The minimum Gasteiger partial charge on any atom is -0.481 e. The van der Waals surface area contributed by atoms with Crippen LogP contribution in [0.4, 0.5) is 0 Å². The zero-order valence-electron chi connectivity index (χ0n) is 10.2. The molecular formula is C11H16N4O3. The molecule has 18 heavy (non-hydrogen) atoms. The Morgan fingerprint density at radius 3 is 3.06 bits per heavy atom. The van der Waals surface area contributed by atoms with E-state index in [0.29, 0.717) is 19.6 Å². The molecule has 7 nitrogen and oxygen atoms in total. The Morgan fingerprint density at radius 1 is 1.67 bits per heavy atom. The predicted octanol–water partition coefficient (Wildman–Crippen LogP) is -0.805. The van der Waals surface area contributed by atoms with Gasteiger partial charge in [0.05, 0.1) is 12.6 Å². The Morgan fingerprint density at radius 2 is 2.44 bits per heavy atom. The summed E-state index contributed by atoms with van der Waals surface area (Å²) < 4.78 is 1.69. The molecule has 0 aromatic carbocycles. The summed E-state index contributed by atoms with van der Waals surface area (Å²) >= 11 is 0. The second-order valence-electron chi connectivity index (χ2n) is 4.40. The molecule has 1 aromatic rings. The zero-order valence-corrected chi connectivity index (χ0v) is 10.2. The van der Waals surface area contributed by atoms with E-state index in [9.17, 15) is 9.59 Å². The summed E-state index contributed by atoms with van der Waals surface area (Å²) in [6.45, 7) is 1.74. The number of nitrogens with one attached hydrogen (secondary N) is 1. The van der Waals surface area contributed by atoms with Crippen LogP contribution in [0.5, 0.6) is 0 Å². The smallest absolute Gasteiger partial charge is 0.305 e. The lowest BCUT2D eigenvalue weighted by atomic mass is 10.1. The van der Waals surface area contributed by atoms with Crippen molar-refractivity contribution in [1.82, 2.24) is 20.0 Å². The largest absolute Gasteiger partial charge is 0.481 e. The number of carboxylic acids is 1. The Bertz CT molecular complexity index is 457. The van der Waals surface area contributed by atoms with Gasteiger partial charge in [-0.05, 0) is 0 Å². The van der Waals surface area contributed by atoms with Crippen LogP contribution in [0.2, 0.25) is 0 Å². The highest BCUT2D eigenvalue weighted by molar-refractivity contribution is 5.86. The van der Waals surface area contributed by atoms with Crippen molar-refractivity contribution in [3.63, 3.8) is 0 Å². The molecule has 7 heteroatoms. The highest BCUT2D eigenvalue weighted by Gasteiger charge is 2.31. The number of piperazine rings is 1. The SMILES string of the molecule is Cn1cc(CN2CCNC(=O)C2CC(=O)O)cn1. The number of carboxylic acid groups (broad SMARTS) is 1. The number of carbonyl (C=O) groups excluding carboxylic acids is 1. The lowest BCUT2D eigenvalue weighted by molar-refractivity contribution is -0.143. The van der Waals surface area contributed by atoms with Crippen LogP contribution in [-0.4, -0.2) is 50.8 Å². The van der Waals surface area contributed by atoms with Crippen molar-refractivity contribution in [3.05, 3.63) is 18.0 Å². The number of aryl methyl sites for hydroxylation is 1. The van der Waals surface area contributed by atoms with Gasteiger partial charge in [-0.25, -0.2) is 0 Å². The topological polar surface area (TPSA) is 87.5 Å². The maximum absolute atomic E-state index is 11.7. The molecule has 1 unspecified atom stereocenters. The first-order chi connectivity index (χ1) is 8.56. The molecule has 2 rings (SSSR count). The minimum absolute atomic E-state index is 0.175. The summed E-state index contributed by atoms with van der Waals surface area (Å²) in [6, 6.07) is -0.601. The molecule has 1 aliphatic heterocycles. The van der Waals surface area contributed by atoms with Gasteiger partial charge in [0.25, 0.3) is 0 Å². The van der Waals surface area contributed by atoms with Gasteiger partial charge in [0.2, 0.25) is 5.91 Å². The number of hydrogen-bond donors (Lipinski definition) is 2. The normalized spacial score (nSPS) is 20.7. The molecule has 0 spiro atoms. The summed E-state index contributed by atoms with van der Waals surface area (Å²) in [6.07, 6.45) is 3.42. The molecule has 1 atom stereocenters. The molecule has 1 fully saturated rings. The van der Waals surface area contributed by atoms with Crippen LogP contribution in [0.3, 0.4) is 0 Å². The number of hydrogen-bond acceptors (Lipinski definition) is 4. The Labute approximate surface area is 104 Å². The van der Waals surface area contributed by atoms with Crippen LogP contribution < -0.4 is 5.32 Å². The summed E-state index contributed by atoms with van der Waals surface area (Å²) in [7, 11) is 1.82. The lowest BCUT2D eigenvalue weighted by Gasteiger charge is -2.33. The van der Waals surface area contributed by atoms with Crippen molar-refractivity contribution < 1.29 is 14.7 Å². The Balaban J connectivity index is 2.07. The Hall–Kier alpha value is -1.89. The maximum Gasteiger partial charge on any atom is 0.305 e. The monoisotopic (exact) mass is 252 g/mol. The number of nitrogens with zero attached hydrogens (tertiary/aromatic N) is 3. The van der Waals surface area contributed by atoms with Gasteiger partial charge in [0.1, 0.15) is 6.04 Å². The molecule has 1 aromatic heterocycles. The van der Waals surface area contributed by atoms with Crippen molar-refractivity contribution in [3.8, 4) is 0 Å². The average Bonchev–Trinajstić information content (AvgIpc) is 2.69. The van der Waals surface area contributed by atoms with Crippen molar-refractivity contribution in [2.45, 2.75) is 19.0 Å². The molecule has 0 radical (unpaired) electrons. The van der Waals surface area contributed by atoms with Gasteiger partial charge in [0.15, 0.2) is 0 Å². The summed E-state index contributed by atoms with van der Waals surface area (Å²) in [5.41, 5.74) is 0.975. The molecule has 1 aliphatic rings. The third-order valence-corrected chi connectivity index (χ3v) is 2.95. The van der Waals surface area contributed by atoms with Gasteiger partial charge in [0, 0.05) is 38.4 Å². The van der Waals surface area contributed by atoms with E-state index < -0.39 is 12.0 Å². The standard InChI is InChI=1S/C11H16N4O3/c1-14-6-8(5-13-14)7-15-3-2-12-11(18)9(15)4-10(16)17/h5-6,9H,2-4,7H2,1H3,(H,12,18)(H,16,17).